The fourth-order valence-electron chi connectivity index (χ4n) is 5.59. The van der Waals surface area contributed by atoms with Crippen LogP contribution in [-0.4, -0.2) is 38.5 Å². The molecule has 9 heteroatoms. The molecule has 2 aliphatic rings. The molecular weight excluding hydrogens is 470 g/mol. The van der Waals surface area contributed by atoms with Crippen LogP contribution in [0.3, 0.4) is 0 Å². The first-order chi connectivity index (χ1) is 17.9. The Morgan fingerprint density at radius 1 is 1.03 bits per heavy atom. The molecule has 9 nitrogen and oxygen atoms in total. The third kappa shape index (κ3) is 4.24. The number of rotatable bonds is 5. The highest BCUT2D eigenvalue weighted by atomic mass is 16.6. The monoisotopic (exact) mass is 499 g/mol. The Bertz CT molecular complexity index is 1540. The van der Waals surface area contributed by atoms with Crippen molar-refractivity contribution >= 4 is 16.9 Å². The standard InChI is InChI=1S/C28H29N5O4/c1-18-11-19(2)13-21(12-18)33-26-22(15-30-33)27(35)32(17-29-26)16-25(34)31-28(7-3-4-8-28)20-5-6-23-24(14-20)37-10-9-36-23/h5-6,11-15,17H,3-4,7-10,16H2,1-2H3,(H,31,34). The molecule has 190 valence electrons. The maximum Gasteiger partial charge on any atom is 0.264 e. The van der Waals surface area contributed by atoms with Gasteiger partial charge in [-0.25, -0.2) is 9.67 Å². The van der Waals surface area contributed by atoms with Crippen molar-refractivity contribution in [1.29, 1.82) is 0 Å². The molecule has 0 atom stereocenters. The van der Waals surface area contributed by atoms with Gasteiger partial charge in [0.1, 0.15) is 31.5 Å². The Hall–Kier alpha value is -4.14. The van der Waals surface area contributed by atoms with E-state index in [0.717, 1.165) is 53.8 Å². The summed E-state index contributed by atoms with van der Waals surface area (Å²) in [5.74, 6) is 1.19. The van der Waals surface area contributed by atoms with E-state index in [2.05, 4.69) is 21.5 Å². The molecule has 2 aromatic carbocycles. The Morgan fingerprint density at radius 2 is 1.76 bits per heavy atom. The zero-order valence-electron chi connectivity index (χ0n) is 21.0. The van der Waals surface area contributed by atoms with Gasteiger partial charge in [-0.3, -0.25) is 14.2 Å². The number of carbonyl (C=O) groups is 1. The van der Waals surface area contributed by atoms with Crippen molar-refractivity contribution in [2.45, 2.75) is 51.6 Å². The molecule has 37 heavy (non-hydrogen) atoms. The molecule has 2 aromatic heterocycles. The lowest BCUT2D eigenvalue weighted by molar-refractivity contribution is -0.123. The lowest BCUT2D eigenvalue weighted by atomic mass is 9.87. The highest BCUT2D eigenvalue weighted by Crippen LogP contribution is 2.42. The van der Waals surface area contributed by atoms with Gasteiger partial charge in [-0.1, -0.05) is 25.0 Å². The molecule has 0 radical (unpaired) electrons. The molecular formula is C28H29N5O4. The van der Waals surface area contributed by atoms with E-state index < -0.39 is 5.54 Å². The van der Waals surface area contributed by atoms with E-state index in [4.69, 9.17) is 9.47 Å². The molecule has 0 unspecified atom stereocenters. The first kappa shape index (κ1) is 23.3. The van der Waals surface area contributed by atoms with Crippen LogP contribution in [-0.2, 0) is 16.9 Å². The van der Waals surface area contributed by atoms with Gasteiger partial charge in [0.25, 0.3) is 5.56 Å². The van der Waals surface area contributed by atoms with Gasteiger partial charge >= 0.3 is 0 Å². The molecule has 0 saturated heterocycles. The molecule has 0 spiro atoms. The number of nitrogens with zero attached hydrogens (tertiary/aromatic N) is 4. The van der Waals surface area contributed by atoms with Crippen molar-refractivity contribution in [1.82, 2.24) is 24.6 Å². The van der Waals surface area contributed by atoms with Crippen LogP contribution in [0.1, 0.15) is 42.4 Å². The summed E-state index contributed by atoms with van der Waals surface area (Å²) in [7, 11) is 0. The SMILES string of the molecule is Cc1cc(C)cc(-n2ncc3c(=O)n(CC(=O)NC4(c5ccc6c(c5)OCCO6)CCCC4)cnc32)c1. The van der Waals surface area contributed by atoms with Crippen molar-refractivity contribution in [3.8, 4) is 17.2 Å². The zero-order valence-corrected chi connectivity index (χ0v) is 21.0. The molecule has 1 N–H and O–H groups in total. The molecule has 1 aliphatic heterocycles. The largest absolute Gasteiger partial charge is 0.486 e. The lowest BCUT2D eigenvalue weighted by Crippen LogP contribution is -2.46. The van der Waals surface area contributed by atoms with Crippen molar-refractivity contribution in [3.05, 3.63) is 76.0 Å². The number of aromatic nitrogens is 4. The zero-order chi connectivity index (χ0) is 25.6. The maximum absolute atomic E-state index is 13.3. The van der Waals surface area contributed by atoms with Crippen LogP contribution in [0.5, 0.6) is 11.5 Å². The second-order valence-electron chi connectivity index (χ2n) is 10.0. The van der Waals surface area contributed by atoms with E-state index in [1.807, 2.05) is 44.2 Å². The third-order valence-electron chi connectivity index (χ3n) is 7.25. The number of carbonyl (C=O) groups excluding carboxylic acids is 1. The third-order valence-corrected chi connectivity index (χ3v) is 7.25. The average Bonchev–Trinajstić information content (AvgIpc) is 3.53. The average molecular weight is 500 g/mol. The number of hydrogen-bond acceptors (Lipinski definition) is 6. The minimum absolute atomic E-state index is 0.122. The molecule has 4 aromatic rings. The van der Waals surface area contributed by atoms with Gasteiger partial charge in [0.05, 0.1) is 17.4 Å². The normalized spacial score (nSPS) is 16.2. The molecule has 1 fully saturated rings. The summed E-state index contributed by atoms with van der Waals surface area (Å²) in [4.78, 5) is 31.0. The molecule has 1 amide bonds. The van der Waals surface area contributed by atoms with Crippen molar-refractivity contribution in [3.63, 3.8) is 0 Å². The van der Waals surface area contributed by atoms with Crippen molar-refractivity contribution < 1.29 is 14.3 Å². The van der Waals surface area contributed by atoms with E-state index in [1.54, 1.807) is 4.68 Å². The van der Waals surface area contributed by atoms with Gasteiger partial charge in [-0.2, -0.15) is 5.10 Å². The number of benzene rings is 2. The Balaban J connectivity index is 1.26. The second kappa shape index (κ2) is 9.06. The minimum atomic E-state index is -0.498. The van der Waals surface area contributed by atoms with Crippen LogP contribution in [0.4, 0.5) is 0 Å². The first-order valence-corrected chi connectivity index (χ1v) is 12.6. The van der Waals surface area contributed by atoms with Crippen LogP contribution in [0.25, 0.3) is 16.7 Å². The number of amides is 1. The number of nitrogens with one attached hydrogen (secondary N) is 1. The van der Waals surface area contributed by atoms with Crippen LogP contribution in [0.15, 0.2) is 53.7 Å². The van der Waals surface area contributed by atoms with Gasteiger partial charge < -0.3 is 14.8 Å². The highest BCUT2D eigenvalue weighted by Gasteiger charge is 2.38. The summed E-state index contributed by atoms with van der Waals surface area (Å²) < 4.78 is 14.4. The number of fused-ring (bicyclic) bond motifs is 2. The van der Waals surface area contributed by atoms with Gasteiger partial charge in [0, 0.05) is 0 Å². The van der Waals surface area contributed by atoms with E-state index in [0.29, 0.717) is 30.0 Å². The summed E-state index contributed by atoms with van der Waals surface area (Å²) in [6, 6.07) is 12.0. The van der Waals surface area contributed by atoms with Gasteiger partial charge in [0.2, 0.25) is 5.91 Å². The number of ether oxygens (including phenoxy) is 2. The van der Waals surface area contributed by atoms with E-state index in [1.165, 1.54) is 17.1 Å². The summed E-state index contributed by atoms with van der Waals surface area (Å²) >= 11 is 0. The molecule has 1 aliphatic carbocycles. The molecule has 1 saturated carbocycles. The smallest absolute Gasteiger partial charge is 0.264 e. The second-order valence-corrected chi connectivity index (χ2v) is 10.0. The Morgan fingerprint density at radius 3 is 2.51 bits per heavy atom. The number of aryl methyl sites for hydroxylation is 2. The Kier molecular flexibility index (Phi) is 5.70. The van der Waals surface area contributed by atoms with Crippen molar-refractivity contribution in [2.24, 2.45) is 0 Å². The van der Waals surface area contributed by atoms with E-state index in [9.17, 15) is 9.59 Å². The quantitative estimate of drug-likeness (QED) is 0.451. The first-order valence-electron chi connectivity index (χ1n) is 12.6. The van der Waals surface area contributed by atoms with Crippen LogP contribution >= 0.6 is 0 Å². The Labute approximate surface area is 214 Å². The lowest BCUT2D eigenvalue weighted by Gasteiger charge is -2.32. The summed E-state index contributed by atoms with van der Waals surface area (Å²) in [5.41, 5.74) is 3.72. The fraction of sp³-hybridized carbons (Fsp3) is 0.357. The topological polar surface area (TPSA) is 100 Å². The van der Waals surface area contributed by atoms with Crippen LogP contribution in [0, 0.1) is 13.8 Å². The van der Waals surface area contributed by atoms with Crippen molar-refractivity contribution in [2.75, 3.05) is 13.2 Å². The van der Waals surface area contributed by atoms with Gasteiger partial charge in [-0.05, 0) is 67.6 Å². The molecule has 0 bridgehead atoms. The highest BCUT2D eigenvalue weighted by molar-refractivity contribution is 5.78. The summed E-state index contributed by atoms with van der Waals surface area (Å²) in [6.45, 7) is 4.95. The van der Waals surface area contributed by atoms with Crippen LogP contribution < -0.4 is 20.3 Å². The molecule has 6 rings (SSSR count). The van der Waals surface area contributed by atoms with Gasteiger partial charge in [-0.15, -0.1) is 0 Å². The van der Waals surface area contributed by atoms with Gasteiger partial charge in [0.15, 0.2) is 17.1 Å². The molecule has 3 heterocycles. The van der Waals surface area contributed by atoms with E-state index in [-0.39, 0.29) is 18.0 Å². The fourth-order valence-corrected chi connectivity index (χ4v) is 5.59. The van der Waals surface area contributed by atoms with E-state index >= 15 is 0 Å². The number of hydrogen-bond donors (Lipinski definition) is 1. The summed E-state index contributed by atoms with van der Waals surface area (Å²) in [6.07, 6.45) is 6.63. The summed E-state index contributed by atoms with van der Waals surface area (Å²) in [5, 5.41) is 8.03. The minimum Gasteiger partial charge on any atom is -0.486 e. The van der Waals surface area contributed by atoms with Crippen LogP contribution in [0.2, 0.25) is 0 Å². The maximum atomic E-state index is 13.3. The predicted molar refractivity (Wildman–Crippen MR) is 138 cm³/mol. The predicted octanol–water partition coefficient (Wildman–Crippen LogP) is 3.56.